The van der Waals surface area contributed by atoms with Crippen molar-refractivity contribution < 1.29 is 18.3 Å². The van der Waals surface area contributed by atoms with Crippen LogP contribution in [0.1, 0.15) is 29.7 Å². The molecule has 1 aromatic carbocycles. The van der Waals surface area contributed by atoms with Gasteiger partial charge in [-0.15, -0.1) is 0 Å². The van der Waals surface area contributed by atoms with Gasteiger partial charge in [-0.25, -0.2) is 4.98 Å². The first-order valence-electron chi connectivity index (χ1n) is 9.91. The lowest BCUT2D eigenvalue weighted by atomic mass is 9.97. The first-order valence-corrected chi connectivity index (χ1v) is 10.7. The van der Waals surface area contributed by atoms with Crippen molar-refractivity contribution in [2.24, 2.45) is 5.92 Å². The lowest BCUT2D eigenvalue weighted by molar-refractivity contribution is -0.137. The molecule has 3 aromatic rings. The van der Waals surface area contributed by atoms with Gasteiger partial charge in [0.25, 0.3) is 0 Å². The van der Waals surface area contributed by atoms with Crippen LogP contribution in [0.5, 0.6) is 0 Å². The number of aryl methyl sites for hydroxylation is 2. The maximum atomic E-state index is 13.1. The van der Waals surface area contributed by atoms with Gasteiger partial charge >= 0.3 is 6.18 Å². The molecular formula is C22H23BrF3N3O. The second-order valence-corrected chi connectivity index (χ2v) is 8.79. The number of anilines is 1. The van der Waals surface area contributed by atoms with Crippen molar-refractivity contribution in [2.45, 2.75) is 32.9 Å². The van der Waals surface area contributed by atoms with Crippen LogP contribution in [0.25, 0.3) is 16.7 Å². The molecule has 0 spiro atoms. The monoisotopic (exact) mass is 481 g/mol. The van der Waals surface area contributed by atoms with E-state index in [1.807, 2.05) is 24.6 Å². The average molecular weight is 482 g/mol. The Hall–Kier alpha value is -2.06. The summed E-state index contributed by atoms with van der Waals surface area (Å²) in [6.07, 6.45) is -0.597. The molecule has 0 unspecified atom stereocenters. The van der Waals surface area contributed by atoms with Crippen LogP contribution in [0.3, 0.4) is 0 Å². The number of halogens is 4. The number of rotatable bonds is 3. The summed E-state index contributed by atoms with van der Waals surface area (Å²) in [6.45, 7) is 5.86. The molecule has 1 N–H and O–H groups in total. The molecule has 0 bridgehead atoms. The van der Waals surface area contributed by atoms with E-state index in [0.29, 0.717) is 16.1 Å². The van der Waals surface area contributed by atoms with Gasteiger partial charge in [-0.3, -0.25) is 4.57 Å². The molecule has 4 nitrogen and oxygen atoms in total. The number of piperidine rings is 1. The van der Waals surface area contributed by atoms with Crippen molar-refractivity contribution >= 4 is 32.7 Å². The summed E-state index contributed by atoms with van der Waals surface area (Å²) in [7, 11) is 0. The average Bonchev–Trinajstić information content (AvgIpc) is 3.02. The molecule has 1 aliphatic heterocycles. The van der Waals surface area contributed by atoms with E-state index in [2.05, 4.69) is 26.9 Å². The number of hydrogen-bond acceptors (Lipinski definition) is 3. The van der Waals surface area contributed by atoms with Gasteiger partial charge in [-0.2, -0.15) is 13.2 Å². The van der Waals surface area contributed by atoms with Gasteiger partial charge in [0.2, 0.25) is 0 Å². The van der Waals surface area contributed by atoms with E-state index in [-0.39, 0.29) is 6.61 Å². The van der Waals surface area contributed by atoms with Crippen molar-refractivity contribution in [2.75, 3.05) is 24.6 Å². The number of nitrogens with zero attached hydrogens (tertiary/aromatic N) is 3. The van der Waals surface area contributed by atoms with Gasteiger partial charge in [0.1, 0.15) is 5.65 Å². The Kier molecular flexibility index (Phi) is 5.57. The third-order valence-electron chi connectivity index (χ3n) is 5.80. The number of aliphatic hydroxyl groups is 1. The van der Waals surface area contributed by atoms with Gasteiger partial charge in [0, 0.05) is 47.1 Å². The van der Waals surface area contributed by atoms with Gasteiger partial charge in [-0.1, -0.05) is 0 Å². The molecule has 4 rings (SSSR count). The Morgan fingerprint density at radius 1 is 1.13 bits per heavy atom. The van der Waals surface area contributed by atoms with Crippen LogP contribution in [0, 0.1) is 19.8 Å². The molecule has 8 heteroatoms. The summed E-state index contributed by atoms with van der Waals surface area (Å²) in [5, 5.41) is 10.4. The molecule has 1 fully saturated rings. The van der Waals surface area contributed by atoms with Crippen LogP contribution in [-0.2, 0) is 6.18 Å². The summed E-state index contributed by atoms with van der Waals surface area (Å²) in [5.41, 5.74) is 3.61. The van der Waals surface area contributed by atoms with E-state index in [4.69, 9.17) is 4.98 Å². The first-order chi connectivity index (χ1) is 14.2. The highest BCUT2D eigenvalue weighted by atomic mass is 79.9. The van der Waals surface area contributed by atoms with Crippen molar-refractivity contribution in [3.05, 3.63) is 51.8 Å². The molecule has 1 aliphatic rings. The number of pyridine rings is 1. The zero-order valence-electron chi connectivity index (χ0n) is 16.8. The molecule has 160 valence electrons. The van der Waals surface area contributed by atoms with Crippen LogP contribution in [-0.4, -0.2) is 34.4 Å². The van der Waals surface area contributed by atoms with Gasteiger partial charge in [-0.05, 0) is 78.4 Å². The Labute approximate surface area is 181 Å². The fourth-order valence-electron chi connectivity index (χ4n) is 4.18. The lowest BCUT2D eigenvalue weighted by Gasteiger charge is -2.33. The van der Waals surface area contributed by atoms with Crippen LogP contribution in [0.2, 0.25) is 0 Å². The van der Waals surface area contributed by atoms with E-state index < -0.39 is 11.7 Å². The summed E-state index contributed by atoms with van der Waals surface area (Å²) in [4.78, 5) is 7.05. The standard InChI is InChI=1S/C22H23BrF3N3O/c1-13-11-29(18-4-3-16(10-17(18)23)22(24,25)26)21-20(13)19(9-14(2)27-21)28-7-5-15(12-30)6-8-28/h3-4,9-11,15,30H,5-8,12H2,1-2H3. The van der Waals surface area contributed by atoms with E-state index in [0.717, 1.165) is 66.0 Å². The summed E-state index contributed by atoms with van der Waals surface area (Å²) in [6, 6.07) is 5.74. The second-order valence-electron chi connectivity index (χ2n) is 7.94. The highest BCUT2D eigenvalue weighted by Crippen LogP contribution is 2.38. The largest absolute Gasteiger partial charge is 0.416 e. The molecule has 0 saturated carbocycles. The molecule has 0 aliphatic carbocycles. The third kappa shape index (κ3) is 3.83. The summed E-state index contributed by atoms with van der Waals surface area (Å²) >= 11 is 3.32. The van der Waals surface area contributed by atoms with Gasteiger partial charge < -0.3 is 10.0 Å². The zero-order chi connectivity index (χ0) is 21.6. The highest BCUT2D eigenvalue weighted by molar-refractivity contribution is 9.10. The Bertz CT molecular complexity index is 1090. The van der Waals surface area contributed by atoms with E-state index in [1.54, 1.807) is 0 Å². The summed E-state index contributed by atoms with van der Waals surface area (Å²) < 4.78 is 41.4. The van der Waals surface area contributed by atoms with Crippen LogP contribution >= 0.6 is 15.9 Å². The van der Waals surface area contributed by atoms with Crippen molar-refractivity contribution in [1.82, 2.24) is 9.55 Å². The SMILES string of the molecule is Cc1cc(N2CCC(CO)CC2)c2c(C)cn(-c3ccc(C(F)(F)F)cc3Br)c2n1. The molecular weight excluding hydrogens is 459 g/mol. The maximum Gasteiger partial charge on any atom is 0.416 e. The number of benzene rings is 1. The highest BCUT2D eigenvalue weighted by Gasteiger charge is 2.31. The Morgan fingerprint density at radius 3 is 2.43 bits per heavy atom. The quantitative estimate of drug-likeness (QED) is 0.526. The predicted molar refractivity (Wildman–Crippen MR) is 115 cm³/mol. The minimum Gasteiger partial charge on any atom is -0.396 e. The lowest BCUT2D eigenvalue weighted by Crippen LogP contribution is -2.35. The van der Waals surface area contributed by atoms with E-state index >= 15 is 0 Å². The molecule has 0 radical (unpaired) electrons. The summed E-state index contributed by atoms with van der Waals surface area (Å²) in [5.74, 6) is 0.341. The molecule has 3 heterocycles. The number of alkyl halides is 3. The smallest absolute Gasteiger partial charge is 0.396 e. The number of hydrogen-bond donors (Lipinski definition) is 1. The van der Waals surface area contributed by atoms with Crippen LogP contribution < -0.4 is 4.90 Å². The van der Waals surface area contributed by atoms with Crippen molar-refractivity contribution in [3.8, 4) is 5.69 Å². The zero-order valence-corrected chi connectivity index (χ0v) is 18.4. The van der Waals surface area contributed by atoms with Crippen LogP contribution in [0.15, 0.2) is 34.9 Å². The fourth-order valence-corrected chi connectivity index (χ4v) is 4.75. The topological polar surface area (TPSA) is 41.3 Å². The van der Waals surface area contributed by atoms with Crippen LogP contribution in [0.4, 0.5) is 18.9 Å². The molecule has 1 saturated heterocycles. The molecule has 0 atom stereocenters. The second kappa shape index (κ2) is 7.89. The molecule has 2 aromatic heterocycles. The predicted octanol–water partition coefficient (Wildman–Crippen LogP) is 5.63. The normalized spacial score (nSPS) is 15.9. The van der Waals surface area contributed by atoms with E-state index in [9.17, 15) is 18.3 Å². The van der Waals surface area contributed by atoms with Crippen molar-refractivity contribution in [3.63, 3.8) is 0 Å². The first kappa shape index (κ1) is 21.2. The minimum atomic E-state index is -4.39. The Balaban J connectivity index is 1.82. The fraction of sp³-hybridized carbons (Fsp3) is 0.409. The van der Waals surface area contributed by atoms with E-state index in [1.165, 1.54) is 6.07 Å². The minimum absolute atomic E-state index is 0.218. The molecule has 30 heavy (non-hydrogen) atoms. The van der Waals surface area contributed by atoms with Gasteiger partial charge in [0.15, 0.2) is 0 Å². The Morgan fingerprint density at radius 2 is 1.83 bits per heavy atom. The van der Waals surface area contributed by atoms with Crippen molar-refractivity contribution in [1.29, 1.82) is 0 Å². The molecule has 0 amide bonds. The number of fused-ring (bicyclic) bond motifs is 1. The van der Waals surface area contributed by atoms with Gasteiger partial charge in [0.05, 0.1) is 11.3 Å². The maximum absolute atomic E-state index is 13.1. The number of aliphatic hydroxyl groups excluding tert-OH is 1. The third-order valence-corrected chi connectivity index (χ3v) is 6.44. The number of aromatic nitrogens is 2.